The number of carbonyl (C=O) groups excluding carboxylic acids is 1. The van der Waals surface area contributed by atoms with Crippen LogP contribution < -0.4 is 10.6 Å². The maximum atomic E-state index is 14.2. The maximum Gasteiger partial charge on any atom is 0.170 e. The van der Waals surface area contributed by atoms with Gasteiger partial charge in [0.15, 0.2) is 12.9 Å². The molecule has 0 spiro atoms. The number of hydrogen-bond acceptors (Lipinski definition) is 3. The summed E-state index contributed by atoms with van der Waals surface area (Å²) in [5.74, 6) is 1.04. The summed E-state index contributed by atoms with van der Waals surface area (Å²) in [4.78, 5) is 14.6. The molecular formula is C25H25O2PS. The SMILES string of the molecule is CC1(C)CCSc2ccc(C(=O)CP(=O)(c3ccccc3)c3ccccc3)cc21. The largest absolute Gasteiger partial charge is 0.313 e. The zero-order valence-electron chi connectivity index (χ0n) is 16.8. The number of rotatable bonds is 5. The van der Waals surface area contributed by atoms with E-state index in [4.69, 9.17) is 0 Å². The Morgan fingerprint density at radius 2 is 1.52 bits per heavy atom. The third kappa shape index (κ3) is 3.99. The van der Waals surface area contributed by atoms with E-state index in [-0.39, 0.29) is 17.4 Å². The van der Waals surface area contributed by atoms with Gasteiger partial charge in [-0.15, -0.1) is 11.8 Å². The van der Waals surface area contributed by atoms with Crippen LogP contribution in [0.4, 0.5) is 0 Å². The van der Waals surface area contributed by atoms with Gasteiger partial charge in [-0.25, -0.2) is 0 Å². The molecule has 0 N–H and O–H groups in total. The second-order valence-electron chi connectivity index (χ2n) is 8.19. The van der Waals surface area contributed by atoms with Crippen LogP contribution in [0.15, 0.2) is 83.8 Å². The Morgan fingerprint density at radius 3 is 2.10 bits per heavy atom. The van der Waals surface area contributed by atoms with E-state index in [0.717, 1.165) is 22.8 Å². The molecule has 3 aromatic carbocycles. The molecule has 0 aliphatic carbocycles. The van der Waals surface area contributed by atoms with Gasteiger partial charge in [0, 0.05) is 21.1 Å². The van der Waals surface area contributed by atoms with Gasteiger partial charge in [0.1, 0.15) is 0 Å². The molecule has 2 nitrogen and oxygen atoms in total. The van der Waals surface area contributed by atoms with Crippen LogP contribution in [-0.2, 0) is 9.98 Å². The molecule has 1 heterocycles. The lowest BCUT2D eigenvalue weighted by molar-refractivity contribution is 0.102. The number of fused-ring (bicyclic) bond motifs is 1. The van der Waals surface area contributed by atoms with Crippen LogP contribution in [0, 0.1) is 0 Å². The van der Waals surface area contributed by atoms with Gasteiger partial charge >= 0.3 is 0 Å². The lowest BCUT2D eigenvalue weighted by Gasteiger charge is -2.32. The van der Waals surface area contributed by atoms with E-state index in [1.807, 2.05) is 84.6 Å². The lowest BCUT2D eigenvalue weighted by atomic mass is 9.81. The highest BCUT2D eigenvalue weighted by Crippen LogP contribution is 2.45. The normalized spacial score (nSPS) is 15.5. The molecule has 4 rings (SSSR count). The Balaban J connectivity index is 1.73. The molecule has 1 aliphatic rings. The topological polar surface area (TPSA) is 34.1 Å². The summed E-state index contributed by atoms with van der Waals surface area (Å²) in [5.41, 5.74) is 1.94. The van der Waals surface area contributed by atoms with E-state index in [9.17, 15) is 9.36 Å². The van der Waals surface area contributed by atoms with Gasteiger partial charge in [0.25, 0.3) is 0 Å². The fraction of sp³-hybridized carbons (Fsp3) is 0.240. The lowest BCUT2D eigenvalue weighted by Crippen LogP contribution is -2.25. The molecule has 0 fully saturated rings. The third-order valence-electron chi connectivity index (χ3n) is 5.73. The van der Waals surface area contributed by atoms with E-state index in [1.54, 1.807) is 0 Å². The molecular weight excluding hydrogens is 395 g/mol. The Morgan fingerprint density at radius 1 is 0.931 bits per heavy atom. The standard InChI is InChI=1S/C25H25O2PS/c1-25(2)15-16-29-24-14-13-19(17-22(24)25)23(26)18-28(27,20-9-5-3-6-10-20)21-11-7-4-8-12-21/h3-14,17H,15-16,18H2,1-2H3. The molecule has 29 heavy (non-hydrogen) atoms. The van der Waals surface area contributed by atoms with Crippen LogP contribution in [0.3, 0.4) is 0 Å². The van der Waals surface area contributed by atoms with E-state index in [2.05, 4.69) is 19.9 Å². The van der Waals surface area contributed by atoms with Crippen molar-refractivity contribution in [3.8, 4) is 0 Å². The number of thioether (sulfide) groups is 1. The summed E-state index contributed by atoms with van der Waals surface area (Å²) in [5, 5.41) is 1.46. The van der Waals surface area contributed by atoms with Crippen molar-refractivity contribution >= 4 is 35.3 Å². The van der Waals surface area contributed by atoms with Gasteiger partial charge < -0.3 is 4.57 Å². The number of Topliss-reactive ketones (excluding diaryl/α,β-unsaturated/α-hetero) is 1. The van der Waals surface area contributed by atoms with Gasteiger partial charge in [0.2, 0.25) is 0 Å². The van der Waals surface area contributed by atoms with E-state index in [0.29, 0.717) is 5.56 Å². The summed E-state index contributed by atoms with van der Waals surface area (Å²) in [6.07, 6.45) is 1.10. The first-order valence-corrected chi connectivity index (χ1v) is 12.8. The van der Waals surface area contributed by atoms with Crippen molar-refractivity contribution in [3.63, 3.8) is 0 Å². The first-order valence-electron chi connectivity index (χ1n) is 9.91. The summed E-state index contributed by atoms with van der Waals surface area (Å²) < 4.78 is 14.2. The van der Waals surface area contributed by atoms with Crippen molar-refractivity contribution in [2.24, 2.45) is 0 Å². The van der Waals surface area contributed by atoms with Gasteiger partial charge in [-0.05, 0) is 35.3 Å². The fourth-order valence-corrected chi connectivity index (χ4v) is 7.92. The monoisotopic (exact) mass is 420 g/mol. The minimum atomic E-state index is -3.06. The molecule has 4 heteroatoms. The summed E-state index contributed by atoms with van der Waals surface area (Å²) in [6, 6.07) is 24.8. The molecule has 0 radical (unpaired) electrons. The highest BCUT2D eigenvalue weighted by molar-refractivity contribution is 7.99. The number of carbonyl (C=O) groups is 1. The Labute approximate surface area is 177 Å². The second kappa shape index (κ2) is 7.97. The summed E-state index contributed by atoms with van der Waals surface area (Å²) in [6.45, 7) is 4.47. The van der Waals surface area contributed by atoms with E-state index in [1.165, 1.54) is 10.5 Å². The predicted octanol–water partition coefficient (Wildman–Crippen LogP) is 5.66. The van der Waals surface area contributed by atoms with Gasteiger partial charge in [-0.2, -0.15) is 0 Å². The minimum Gasteiger partial charge on any atom is -0.313 e. The highest BCUT2D eigenvalue weighted by atomic mass is 32.2. The van der Waals surface area contributed by atoms with Crippen molar-refractivity contribution in [2.75, 3.05) is 11.9 Å². The van der Waals surface area contributed by atoms with Crippen molar-refractivity contribution in [3.05, 3.63) is 90.0 Å². The molecule has 0 saturated heterocycles. The first kappa shape index (κ1) is 20.2. The Kier molecular flexibility index (Phi) is 5.55. The quantitative estimate of drug-likeness (QED) is 0.395. The number of ketones is 1. The van der Waals surface area contributed by atoms with Crippen LogP contribution in [0.2, 0.25) is 0 Å². The summed E-state index contributed by atoms with van der Waals surface area (Å²) >= 11 is 1.85. The second-order valence-corrected chi connectivity index (χ2v) is 12.2. The molecule has 0 bridgehead atoms. The minimum absolute atomic E-state index is 0.00733. The average molecular weight is 421 g/mol. The summed E-state index contributed by atoms with van der Waals surface area (Å²) in [7, 11) is -3.06. The molecule has 0 unspecified atom stereocenters. The third-order valence-corrected chi connectivity index (χ3v) is 9.80. The molecule has 0 aromatic heterocycles. The van der Waals surface area contributed by atoms with Crippen LogP contribution in [0.1, 0.15) is 36.2 Å². The van der Waals surface area contributed by atoms with E-state index < -0.39 is 7.14 Å². The maximum absolute atomic E-state index is 14.2. The highest BCUT2D eigenvalue weighted by Gasteiger charge is 2.32. The first-order chi connectivity index (χ1) is 13.9. The van der Waals surface area contributed by atoms with Crippen LogP contribution in [0.5, 0.6) is 0 Å². The van der Waals surface area contributed by atoms with Crippen molar-refractivity contribution in [1.82, 2.24) is 0 Å². The van der Waals surface area contributed by atoms with E-state index >= 15 is 0 Å². The van der Waals surface area contributed by atoms with Crippen LogP contribution in [-0.4, -0.2) is 17.7 Å². The van der Waals surface area contributed by atoms with Crippen molar-refractivity contribution in [1.29, 1.82) is 0 Å². The molecule has 0 saturated carbocycles. The van der Waals surface area contributed by atoms with Gasteiger partial charge in [0.05, 0.1) is 6.16 Å². The number of hydrogen-bond donors (Lipinski definition) is 0. The molecule has 0 atom stereocenters. The smallest absolute Gasteiger partial charge is 0.170 e. The fourth-order valence-electron chi connectivity index (χ4n) is 3.87. The predicted molar refractivity (Wildman–Crippen MR) is 124 cm³/mol. The van der Waals surface area contributed by atoms with Crippen LogP contribution >= 0.6 is 18.9 Å². The molecule has 1 aliphatic heterocycles. The molecule has 148 valence electrons. The van der Waals surface area contributed by atoms with Crippen molar-refractivity contribution < 1.29 is 9.36 Å². The number of benzene rings is 3. The average Bonchev–Trinajstić information content (AvgIpc) is 2.74. The van der Waals surface area contributed by atoms with Gasteiger partial charge in [-0.3, -0.25) is 4.79 Å². The Bertz CT molecular complexity index is 1030. The zero-order chi connectivity index (χ0) is 20.5. The van der Waals surface area contributed by atoms with Crippen molar-refractivity contribution in [2.45, 2.75) is 30.6 Å². The molecule has 3 aromatic rings. The van der Waals surface area contributed by atoms with Gasteiger partial charge in [-0.1, -0.05) is 80.6 Å². The Hall–Kier alpha value is -2.09. The van der Waals surface area contributed by atoms with Crippen LogP contribution in [0.25, 0.3) is 0 Å². The molecule has 0 amide bonds. The zero-order valence-corrected chi connectivity index (χ0v) is 18.5.